The zero-order valence-electron chi connectivity index (χ0n) is 17.5. The Balaban J connectivity index is 1.39. The Bertz CT molecular complexity index is 1180. The fourth-order valence-corrected chi connectivity index (χ4v) is 4.59. The number of carboxylic acid groups (broad SMARTS) is 1. The topological polar surface area (TPSA) is 76.0 Å². The van der Waals surface area contributed by atoms with Crippen LogP contribution in [0.15, 0.2) is 78.6 Å². The lowest BCUT2D eigenvalue weighted by Gasteiger charge is -2.29. The second-order valence-electron chi connectivity index (χ2n) is 8.22. The van der Waals surface area contributed by atoms with Gasteiger partial charge in [0, 0.05) is 12.3 Å². The number of ether oxygens (including phenoxy) is 2. The molecule has 0 radical (unpaired) electrons. The summed E-state index contributed by atoms with van der Waals surface area (Å²) in [6.45, 7) is 0.293. The van der Waals surface area contributed by atoms with Crippen LogP contribution in [0, 0.1) is 0 Å². The van der Waals surface area contributed by atoms with Crippen molar-refractivity contribution in [3.05, 3.63) is 106 Å². The molecule has 0 fully saturated rings. The van der Waals surface area contributed by atoms with Crippen molar-refractivity contribution >= 4 is 5.97 Å². The molecule has 1 heterocycles. The summed E-state index contributed by atoms with van der Waals surface area (Å²) in [5.41, 5.74) is 7.90. The summed E-state index contributed by atoms with van der Waals surface area (Å²) >= 11 is 0. The molecule has 0 aromatic heterocycles. The number of hydrogen-bond acceptors (Lipinski definition) is 4. The summed E-state index contributed by atoms with van der Waals surface area (Å²) in [4.78, 5) is 11.8. The first-order chi connectivity index (χ1) is 15.6. The Hall–Kier alpha value is -3.41. The van der Waals surface area contributed by atoms with Crippen LogP contribution < -0.4 is 0 Å². The van der Waals surface area contributed by atoms with E-state index >= 15 is 0 Å². The molecule has 0 bridgehead atoms. The summed E-state index contributed by atoms with van der Waals surface area (Å²) in [7, 11) is 0. The SMILES string of the molecule is O=C(O)C1=CC(c2cccc3c2Cc2ccccc2-3)CC(OCc2ccc(CO)cc2)O1. The minimum absolute atomic E-state index is 0.00736. The van der Waals surface area contributed by atoms with Gasteiger partial charge in [0.25, 0.3) is 0 Å². The summed E-state index contributed by atoms with van der Waals surface area (Å²) in [6, 6.07) is 22.1. The van der Waals surface area contributed by atoms with Gasteiger partial charge in [-0.1, -0.05) is 66.7 Å². The molecule has 2 N–H and O–H groups in total. The Morgan fingerprint density at radius 2 is 1.72 bits per heavy atom. The van der Waals surface area contributed by atoms with E-state index < -0.39 is 12.3 Å². The van der Waals surface area contributed by atoms with E-state index in [9.17, 15) is 15.0 Å². The lowest BCUT2D eigenvalue weighted by atomic mass is 9.87. The van der Waals surface area contributed by atoms with Crippen LogP contribution >= 0.6 is 0 Å². The molecule has 0 spiro atoms. The molecule has 0 amide bonds. The maximum absolute atomic E-state index is 11.8. The van der Waals surface area contributed by atoms with Gasteiger partial charge in [-0.3, -0.25) is 0 Å². The van der Waals surface area contributed by atoms with E-state index in [-0.39, 0.29) is 18.3 Å². The molecule has 2 unspecified atom stereocenters. The van der Waals surface area contributed by atoms with Gasteiger partial charge >= 0.3 is 5.97 Å². The minimum atomic E-state index is -1.09. The van der Waals surface area contributed by atoms with Gasteiger partial charge in [0.2, 0.25) is 12.0 Å². The molecule has 3 aromatic rings. The van der Waals surface area contributed by atoms with Crippen molar-refractivity contribution in [2.45, 2.75) is 38.3 Å². The van der Waals surface area contributed by atoms with Gasteiger partial charge in [-0.15, -0.1) is 0 Å². The predicted octanol–water partition coefficient (Wildman–Crippen LogP) is 4.77. The second-order valence-corrected chi connectivity index (χ2v) is 8.22. The third kappa shape index (κ3) is 3.93. The molecule has 162 valence electrons. The fourth-order valence-electron chi connectivity index (χ4n) is 4.59. The third-order valence-corrected chi connectivity index (χ3v) is 6.20. The van der Waals surface area contributed by atoms with E-state index in [2.05, 4.69) is 36.4 Å². The number of aliphatic hydroxyl groups excluding tert-OH is 1. The molecular weight excluding hydrogens is 404 g/mol. The smallest absolute Gasteiger partial charge is 0.370 e. The Labute approximate surface area is 186 Å². The number of rotatable bonds is 6. The molecule has 0 saturated heterocycles. The van der Waals surface area contributed by atoms with E-state index in [1.807, 2.05) is 30.3 Å². The molecule has 1 aliphatic heterocycles. The predicted molar refractivity (Wildman–Crippen MR) is 120 cm³/mol. The van der Waals surface area contributed by atoms with Crippen LogP contribution in [0.4, 0.5) is 0 Å². The highest BCUT2D eigenvalue weighted by atomic mass is 16.7. The van der Waals surface area contributed by atoms with Crippen LogP contribution in [0.2, 0.25) is 0 Å². The van der Waals surface area contributed by atoms with Crippen molar-refractivity contribution in [2.75, 3.05) is 0 Å². The van der Waals surface area contributed by atoms with Crippen LogP contribution in [0.5, 0.6) is 0 Å². The van der Waals surface area contributed by atoms with Gasteiger partial charge in [0.15, 0.2) is 0 Å². The maximum Gasteiger partial charge on any atom is 0.370 e. The van der Waals surface area contributed by atoms with Crippen molar-refractivity contribution in [2.24, 2.45) is 0 Å². The Morgan fingerprint density at radius 1 is 0.969 bits per heavy atom. The van der Waals surface area contributed by atoms with Crippen molar-refractivity contribution < 1.29 is 24.5 Å². The highest BCUT2D eigenvalue weighted by Gasteiger charge is 2.31. The van der Waals surface area contributed by atoms with Crippen LogP contribution in [-0.2, 0) is 33.9 Å². The van der Waals surface area contributed by atoms with Crippen molar-refractivity contribution in [3.63, 3.8) is 0 Å². The first kappa shape index (κ1) is 20.5. The monoisotopic (exact) mass is 428 g/mol. The van der Waals surface area contributed by atoms with Gasteiger partial charge in [-0.05, 0) is 51.4 Å². The molecule has 2 atom stereocenters. The number of aliphatic carboxylic acids is 1. The largest absolute Gasteiger partial charge is 0.475 e. The number of carbonyl (C=O) groups is 1. The minimum Gasteiger partial charge on any atom is -0.475 e. The van der Waals surface area contributed by atoms with Crippen LogP contribution in [-0.4, -0.2) is 22.5 Å². The van der Waals surface area contributed by atoms with Crippen LogP contribution in [0.25, 0.3) is 11.1 Å². The van der Waals surface area contributed by atoms with Crippen molar-refractivity contribution in [1.29, 1.82) is 0 Å². The zero-order valence-corrected chi connectivity index (χ0v) is 17.5. The number of benzene rings is 3. The fraction of sp³-hybridized carbons (Fsp3) is 0.222. The molecule has 32 heavy (non-hydrogen) atoms. The zero-order chi connectivity index (χ0) is 22.1. The van der Waals surface area contributed by atoms with Crippen molar-refractivity contribution in [1.82, 2.24) is 0 Å². The van der Waals surface area contributed by atoms with Gasteiger partial charge in [0.1, 0.15) is 0 Å². The molecule has 5 heteroatoms. The van der Waals surface area contributed by atoms with Gasteiger partial charge in [-0.25, -0.2) is 4.79 Å². The lowest BCUT2D eigenvalue weighted by Crippen LogP contribution is -2.27. The maximum atomic E-state index is 11.8. The summed E-state index contributed by atoms with van der Waals surface area (Å²) < 4.78 is 11.6. The summed E-state index contributed by atoms with van der Waals surface area (Å²) in [5, 5.41) is 18.8. The second kappa shape index (κ2) is 8.61. The lowest BCUT2D eigenvalue weighted by molar-refractivity contribution is -0.160. The molecule has 5 nitrogen and oxygen atoms in total. The first-order valence-corrected chi connectivity index (χ1v) is 10.7. The number of carboxylic acids is 1. The molecule has 1 aliphatic carbocycles. The highest BCUT2D eigenvalue weighted by Crippen LogP contribution is 2.42. The number of allylic oxidation sites excluding steroid dienone is 1. The number of hydrogen-bond donors (Lipinski definition) is 2. The summed E-state index contributed by atoms with van der Waals surface area (Å²) in [6.07, 6.45) is 2.43. The van der Waals surface area contributed by atoms with Gasteiger partial charge in [-0.2, -0.15) is 0 Å². The molecule has 0 saturated carbocycles. The molecule has 5 rings (SSSR count). The Kier molecular flexibility index (Phi) is 5.52. The van der Waals surface area contributed by atoms with E-state index in [1.165, 1.54) is 22.3 Å². The average Bonchev–Trinajstić information content (AvgIpc) is 3.21. The quantitative estimate of drug-likeness (QED) is 0.463. The normalized spacial score (nSPS) is 19.0. The summed E-state index contributed by atoms with van der Waals surface area (Å²) in [5.74, 6) is -1.28. The third-order valence-electron chi connectivity index (χ3n) is 6.20. The molecular formula is C27H24O5. The van der Waals surface area contributed by atoms with Crippen molar-refractivity contribution in [3.8, 4) is 11.1 Å². The van der Waals surface area contributed by atoms with E-state index in [4.69, 9.17) is 9.47 Å². The highest BCUT2D eigenvalue weighted by molar-refractivity contribution is 5.85. The van der Waals surface area contributed by atoms with Gasteiger partial charge < -0.3 is 19.7 Å². The van der Waals surface area contributed by atoms with E-state index in [1.54, 1.807) is 6.08 Å². The van der Waals surface area contributed by atoms with Crippen LogP contribution in [0.3, 0.4) is 0 Å². The molecule has 2 aliphatic rings. The molecule has 3 aromatic carbocycles. The van der Waals surface area contributed by atoms with E-state index in [0.717, 1.165) is 23.1 Å². The Morgan fingerprint density at radius 3 is 2.50 bits per heavy atom. The average molecular weight is 428 g/mol. The van der Waals surface area contributed by atoms with E-state index in [0.29, 0.717) is 13.0 Å². The number of fused-ring (bicyclic) bond motifs is 3. The van der Waals surface area contributed by atoms with Gasteiger partial charge in [0.05, 0.1) is 13.2 Å². The first-order valence-electron chi connectivity index (χ1n) is 10.7. The van der Waals surface area contributed by atoms with Crippen LogP contribution in [0.1, 0.15) is 40.2 Å². The number of aliphatic hydroxyl groups is 1. The standard InChI is InChI=1S/C27H24O5/c28-15-17-8-10-18(11-9-17)16-31-26-14-20(13-25(32-26)27(29)30)22-6-3-7-23-21-5-2-1-4-19(21)12-24(22)23/h1-11,13,20,26,28H,12,14-16H2,(H,29,30).